The Morgan fingerprint density at radius 2 is 2.12 bits per heavy atom. The molecule has 3 aromatic rings. The summed E-state index contributed by atoms with van der Waals surface area (Å²) >= 11 is 0. The van der Waals surface area contributed by atoms with E-state index in [2.05, 4.69) is 31.8 Å². The van der Waals surface area contributed by atoms with Gasteiger partial charge in [-0.15, -0.1) is 0 Å². The molecule has 0 saturated heterocycles. The Hall–Kier alpha value is -2.44. The van der Waals surface area contributed by atoms with Crippen LogP contribution in [0.25, 0.3) is 0 Å². The summed E-state index contributed by atoms with van der Waals surface area (Å²) < 4.78 is 13.8. The number of fused-ring (bicyclic) bond motifs is 1. The van der Waals surface area contributed by atoms with E-state index in [1.807, 2.05) is 37.4 Å². The molecule has 4 heterocycles. The lowest BCUT2D eigenvalue weighted by Crippen LogP contribution is -2.30. The molecule has 0 bridgehead atoms. The van der Waals surface area contributed by atoms with Gasteiger partial charge in [-0.25, -0.2) is 0 Å². The second-order valence-corrected chi connectivity index (χ2v) is 6.89. The van der Waals surface area contributed by atoms with Gasteiger partial charge in [0.25, 0.3) is 0 Å². The molecule has 136 valence electrons. The van der Waals surface area contributed by atoms with Gasteiger partial charge in [-0.1, -0.05) is 6.07 Å². The van der Waals surface area contributed by atoms with E-state index in [1.54, 1.807) is 6.20 Å². The van der Waals surface area contributed by atoms with Gasteiger partial charge in [0, 0.05) is 37.9 Å². The summed E-state index contributed by atoms with van der Waals surface area (Å²) in [6, 6.07) is 12.1. The van der Waals surface area contributed by atoms with Crippen LogP contribution in [0, 0.1) is 12.8 Å². The van der Waals surface area contributed by atoms with Crippen molar-refractivity contribution >= 4 is 0 Å². The van der Waals surface area contributed by atoms with E-state index in [9.17, 15) is 0 Å². The van der Waals surface area contributed by atoms with Crippen LogP contribution in [0.3, 0.4) is 0 Å². The number of aromatic nitrogens is 3. The van der Waals surface area contributed by atoms with Gasteiger partial charge in [-0.2, -0.15) is 5.10 Å². The van der Waals surface area contributed by atoms with Gasteiger partial charge >= 0.3 is 0 Å². The minimum Gasteiger partial charge on any atom is -0.465 e. The molecule has 0 N–H and O–H groups in total. The largest absolute Gasteiger partial charge is 0.465 e. The maximum atomic E-state index is 5.96. The SMILES string of the molecule is Cc1ccc(CN2Cc3ccnn3C[C@H](COCc3ccccn3)C2)o1. The Labute approximate surface area is 153 Å². The van der Waals surface area contributed by atoms with Crippen molar-refractivity contribution in [2.45, 2.75) is 33.2 Å². The lowest BCUT2D eigenvalue weighted by atomic mass is 10.1. The second-order valence-electron chi connectivity index (χ2n) is 6.89. The molecule has 1 aliphatic rings. The van der Waals surface area contributed by atoms with Crippen molar-refractivity contribution in [3.05, 3.63) is 71.7 Å². The van der Waals surface area contributed by atoms with Crippen LogP contribution in [0.4, 0.5) is 0 Å². The average molecular weight is 352 g/mol. The Bertz CT molecular complexity index is 827. The number of furan rings is 1. The third-order valence-electron chi connectivity index (χ3n) is 4.64. The van der Waals surface area contributed by atoms with Gasteiger partial charge in [-0.05, 0) is 37.3 Å². The maximum absolute atomic E-state index is 5.96. The van der Waals surface area contributed by atoms with Crippen LogP contribution >= 0.6 is 0 Å². The molecule has 0 radical (unpaired) electrons. The van der Waals surface area contributed by atoms with E-state index in [0.29, 0.717) is 19.1 Å². The molecule has 6 nitrogen and oxygen atoms in total. The van der Waals surface area contributed by atoms with Gasteiger partial charge in [0.1, 0.15) is 11.5 Å². The first-order valence-electron chi connectivity index (χ1n) is 9.02. The van der Waals surface area contributed by atoms with Crippen LogP contribution < -0.4 is 0 Å². The minimum atomic E-state index is 0.371. The summed E-state index contributed by atoms with van der Waals surface area (Å²) in [6.45, 7) is 6.70. The Balaban J connectivity index is 1.40. The van der Waals surface area contributed by atoms with E-state index in [0.717, 1.165) is 43.4 Å². The molecule has 4 rings (SSSR count). The summed E-state index contributed by atoms with van der Waals surface area (Å²) in [5.74, 6) is 2.33. The normalized spacial score (nSPS) is 17.8. The summed E-state index contributed by atoms with van der Waals surface area (Å²) in [5, 5.41) is 4.48. The zero-order chi connectivity index (χ0) is 17.8. The Morgan fingerprint density at radius 3 is 2.92 bits per heavy atom. The number of aryl methyl sites for hydroxylation is 1. The topological polar surface area (TPSA) is 56.3 Å². The standard InChI is InChI=1S/C20H24N4O2/c1-16-5-6-20(26-16)13-23-10-17(11-24-19(12-23)7-9-22-24)14-25-15-18-4-2-3-8-21-18/h2-9,17H,10-15H2,1H3/t17-/m1/s1. The molecule has 0 unspecified atom stereocenters. The molecule has 1 aliphatic heterocycles. The number of pyridine rings is 1. The summed E-state index contributed by atoms with van der Waals surface area (Å²) in [7, 11) is 0. The number of ether oxygens (including phenoxy) is 1. The van der Waals surface area contributed by atoms with E-state index in [4.69, 9.17) is 9.15 Å². The van der Waals surface area contributed by atoms with Gasteiger partial charge in [0.15, 0.2) is 0 Å². The lowest BCUT2D eigenvalue weighted by Gasteiger charge is -2.22. The fraction of sp³-hybridized carbons (Fsp3) is 0.400. The summed E-state index contributed by atoms with van der Waals surface area (Å²) in [5.41, 5.74) is 2.20. The molecular formula is C20H24N4O2. The van der Waals surface area contributed by atoms with Crippen LogP contribution in [-0.2, 0) is 31.0 Å². The zero-order valence-electron chi connectivity index (χ0n) is 15.0. The minimum absolute atomic E-state index is 0.371. The first-order chi connectivity index (χ1) is 12.8. The van der Waals surface area contributed by atoms with Crippen LogP contribution in [-0.4, -0.2) is 32.8 Å². The van der Waals surface area contributed by atoms with E-state index in [1.165, 1.54) is 5.69 Å². The number of hydrogen-bond donors (Lipinski definition) is 0. The van der Waals surface area contributed by atoms with Gasteiger partial charge in [-0.3, -0.25) is 14.6 Å². The third kappa shape index (κ3) is 4.20. The summed E-state index contributed by atoms with van der Waals surface area (Å²) in [4.78, 5) is 6.73. The molecule has 26 heavy (non-hydrogen) atoms. The molecule has 0 saturated carbocycles. The second kappa shape index (κ2) is 7.85. The highest BCUT2D eigenvalue weighted by molar-refractivity contribution is 5.07. The lowest BCUT2D eigenvalue weighted by molar-refractivity contribution is 0.0629. The number of nitrogens with zero attached hydrogens (tertiary/aromatic N) is 4. The van der Waals surface area contributed by atoms with Crippen molar-refractivity contribution in [2.75, 3.05) is 13.2 Å². The molecule has 0 amide bonds. The van der Waals surface area contributed by atoms with Crippen LogP contribution in [0.15, 0.2) is 53.2 Å². The summed E-state index contributed by atoms with van der Waals surface area (Å²) in [6.07, 6.45) is 3.68. The quantitative estimate of drug-likeness (QED) is 0.682. The predicted molar refractivity (Wildman–Crippen MR) is 97.2 cm³/mol. The van der Waals surface area contributed by atoms with Gasteiger partial charge in [0.2, 0.25) is 0 Å². The highest BCUT2D eigenvalue weighted by atomic mass is 16.5. The third-order valence-corrected chi connectivity index (χ3v) is 4.64. The molecular weight excluding hydrogens is 328 g/mol. The van der Waals surface area contributed by atoms with Crippen molar-refractivity contribution in [2.24, 2.45) is 5.92 Å². The van der Waals surface area contributed by atoms with Crippen LogP contribution in [0.5, 0.6) is 0 Å². The van der Waals surface area contributed by atoms with Crippen LogP contribution in [0.1, 0.15) is 22.9 Å². The van der Waals surface area contributed by atoms with Crippen LogP contribution in [0.2, 0.25) is 0 Å². The van der Waals surface area contributed by atoms with Crippen molar-refractivity contribution in [1.29, 1.82) is 0 Å². The predicted octanol–water partition coefficient (Wildman–Crippen LogP) is 3.03. The molecule has 0 spiro atoms. The van der Waals surface area contributed by atoms with E-state index < -0.39 is 0 Å². The smallest absolute Gasteiger partial charge is 0.118 e. The average Bonchev–Trinajstić information content (AvgIpc) is 3.21. The van der Waals surface area contributed by atoms with Gasteiger partial charge in [0.05, 0.1) is 31.1 Å². The highest BCUT2D eigenvalue weighted by Gasteiger charge is 2.23. The highest BCUT2D eigenvalue weighted by Crippen LogP contribution is 2.19. The molecule has 0 aliphatic carbocycles. The monoisotopic (exact) mass is 352 g/mol. The fourth-order valence-electron chi connectivity index (χ4n) is 3.45. The molecule has 0 fully saturated rings. The van der Waals surface area contributed by atoms with Gasteiger partial charge < -0.3 is 9.15 Å². The molecule has 0 aromatic carbocycles. The fourth-order valence-corrected chi connectivity index (χ4v) is 3.45. The van der Waals surface area contributed by atoms with E-state index >= 15 is 0 Å². The number of hydrogen-bond acceptors (Lipinski definition) is 5. The number of rotatable bonds is 6. The van der Waals surface area contributed by atoms with Crippen molar-refractivity contribution < 1.29 is 9.15 Å². The zero-order valence-corrected chi connectivity index (χ0v) is 15.0. The first-order valence-corrected chi connectivity index (χ1v) is 9.02. The molecule has 3 aromatic heterocycles. The van der Waals surface area contributed by atoms with E-state index in [-0.39, 0.29) is 0 Å². The van der Waals surface area contributed by atoms with Crippen molar-refractivity contribution in [1.82, 2.24) is 19.7 Å². The van der Waals surface area contributed by atoms with Crippen molar-refractivity contribution in [3.8, 4) is 0 Å². The van der Waals surface area contributed by atoms with Crippen molar-refractivity contribution in [3.63, 3.8) is 0 Å². The maximum Gasteiger partial charge on any atom is 0.118 e. The Kier molecular flexibility index (Phi) is 5.13. The first kappa shape index (κ1) is 17.0. The molecule has 1 atom stereocenters. The molecule has 6 heteroatoms. The Morgan fingerprint density at radius 1 is 1.15 bits per heavy atom.